The smallest absolute Gasteiger partial charge is 0.387 e. The van der Waals surface area contributed by atoms with Crippen molar-refractivity contribution >= 4 is 5.91 Å². The van der Waals surface area contributed by atoms with Crippen LogP contribution in [0, 0.1) is 5.92 Å². The van der Waals surface area contributed by atoms with Gasteiger partial charge in [0.05, 0.1) is 5.69 Å². The van der Waals surface area contributed by atoms with Crippen LogP contribution in [0.25, 0.3) is 11.3 Å². The summed E-state index contributed by atoms with van der Waals surface area (Å²) in [5.41, 5.74) is 4.56. The molecule has 3 aromatic rings. The Morgan fingerprint density at radius 1 is 1.28 bits per heavy atom. The van der Waals surface area contributed by atoms with Gasteiger partial charge in [0.15, 0.2) is 0 Å². The Morgan fingerprint density at radius 3 is 2.84 bits per heavy atom. The minimum atomic E-state index is -2.88. The first-order valence-electron chi connectivity index (χ1n) is 10.7. The number of benzene rings is 1. The SMILES string of the molecule is CC(C)n1nc(-c2cccc(OC(F)F)c2)c2c1C[C@H](C(=O)NCc1cccnc1)CC2. The number of rotatable bonds is 7. The van der Waals surface area contributed by atoms with Crippen molar-refractivity contribution in [1.29, 1.82) is 0 Å². The first kappa shape index (κ1) is 21.9. The number of aromatic nitrogens is 3. The minimum Gasteiger partial charge on any atom is -0.435 e. The fourth-order valence-corrected chi connectivity index (χ4v) is 4.18. The maximum absolute atomic E-state index is 12.8. The van der Waals surface area contributed by atoms with E-state index in [2.05, 4.69) is 15.0 Å². The lowest BCUT2D eigenvalue weighted by molar-refractivity contribution is -0.125. The van der Waals surface area contributed by atoms with Crippen molar-refractivity contribution in [2.75, 3.05) is 0 Å². The molecule has 0 aliphatic heterocycles. The van der Waals surface area contributed by atoms with E-state index < -0.39 is 6.61 Å². The van der Waals surface area contributed by atoms with Crippen LogP contribution in [0.15, 0.2) is 48.8 Å². The average Bonchev–Trinajstić information content (AvgIpc) is 3.17. The zero-order valence-corrected chi connectivity index (χ0v) is 18.1. The molecule has 32 heavy (non-hydrogen) atoms. The van der Waals surface area contributed by atoms with Gasteiger partial charge in [0, 0.05) is 54.1 Å². The molecule has 8 heteroatoms. The second-order valence-electron chi connectivity index (χ2n) is 8.24. The lowest BCUT2D eigenvalue weighted by atomic mass is 9.85. The molecule has 1 aliphatic carbocycles. The molecule has 4 rings (SSSR count). The van der Waals surface area contributed by atoms with E-state index in [4.69, 9.17) is 5.10 Å². The molecule has 1 amide bonds. The Balaban J connectivity index is 1.56. The van der Waals surface area contributed by atoms with Gasteiger partial charge in [-0.3, -0.25) is 14.5 Å². The number of fused-ring (bicyclic) bond motifs is 1. The zero-order valence-electron chi connectivity index (χ0n) is 18.1. The highest BCUT2D eigenvalue weighted by atomic mass is 19.3. The summed E-state index contributed by atoms with van der Waals surface area (Å²) < 4.78 is 31.8. The second-order valence-corrected chi connectivity index (χ2v) is 8.24. The summed E-state index contributed by atoms with van der Waals surface area (Å²) in [5.74, 6) is -0.0200. The molecule has 0 radical (unpaired) electrons. The van der Waals surface area contributed by atoms with Gasteiger partial charge in [-0.15, -0.1) is 0 Å². The number of carbonyl (C=O) groups excluding carboxylic acids is 1. The van der Waals surface area contributed by atoms with Gasteiger partial charge in [-0.1, -0.05) is 18.2 Å². The van der Waals surface area contributed by atoms with Gasteiger partial charge >= 0.3 is 6.61 Å². The second kappa shape index (κ2) is 9.46. The highest BCUT2D eigenvalue weighted by Gasteiger charge is 2.31. The van der Waals surface area contributed by atoms with E-state index >= 15 is 0 Å². The van der Waals surface area contributed by atoms with Crippen molar-refractivity contribution in [3.63, 3.8) is 0 Å². The molecule has 2 aromatic heterocycles. The number of carbonyl (C=O) groups is 1. The van der Waals surface area contributed by atoms with Gasteiger partial charge in [0.2, 0.25) is 5.91 Å². The van der Waals surface area contributed by atoms with Crippen molar-refractivity contribution in [2.24, 2.45) is 5.92 Å². The van der Waals surface area contributed by atoms with Crippen LogP contribution in [0.3, 0.4) is 0 Å². The van der Waals surface area contributed by atoms with Crippen LogP contribution in [0.4, 0.5) is 8.78 Å². The summed E-state index contributed by atoms with van der Waals surface area (Å²) in [6.07, 6.45) is 5.43. The lowest BCUT2D eigenvalue weighted by Gasteiger charge is -2.24. The summed E-state index contributed by atoms with van der Waals surface area (Å²) in [5, 5.41) is 7.82. The van der Waals surface area contributed by atoms with Crippen molar-refractivity contribution in [2.45, 2.75) is 52.3 Å². The number of nitrogens with zero attached hydrogens (tertiary/aromatic N) is 3. The quantitative estimate of drug-likeness (QED) is 0.585. The fourth-order valence-electron chi connectivity index (χ4n) is 4.18. The van der Waals surface area contributed by atoms with Crippen molar-refractivity contribution in [3.05, 3.63) is 65.6 Å². The third-order valence-corrected chi connectivity index (χ3v) is 5.68. The lowest BCUT2D eigenvalue weighted by Crippen LogP contribution is -2.34. The van der Waals surface area contributed by atoms with Crippen LogP contribution >= 0.6 is 0 Å². The van der Waals surface area contributed by atoms with Crippen molar-refractivity contribution < 1.29 is 18.3 Å². The standard InChI is InChI=1S/C24H26F2N4O2/c1-15(2)30-21-12-18(23(31)28-14-16-5-4-10-27-13-16)8-9-20(21)22(29-30)17-6-3-7-19(11-17)32-24(25)26/h3-7,10-11,13,15,18,24H,8-9,12,14H2,1-2H3,(H,28,31)/t18-/m1/s1. The Morgan fingerprint density at radius 2 is 2.12 bits per heavy atom. The molecule has 1 aromatic carbocycles. The monoisotopic (exact) mass is 440 g/mol. The van der Waals surface area contributed by atoms with Crippen LogP contribution < -0.4 is 10.1 Å². The van der Waals surface area contributed by atoms with Crippen LogP contribution in [0.2, 0.25) is 0 Å². The van der Waals surface area contributed by atoms with E-state index in [0.717, 1.165) is 28.1 Å². The van der Waals surface area contributed by atoms with E-state index in [0.29, 0.717) is 25.8 Å². The molecule has 168 valence electrons. The maximum Gasteiger partial charge on any atom is 0.387 e. The summed E-state index contributed by atoms with van der Waals surface area (Å²) in [6.45, 7) is 1.65. The Labute approximate surface area is 185 Å². The van der Waals surface area contributed by atoms with E-state index in [1.54, 1.807) is 24.5 Å². The number of pyridine rings is 1. The Kier molecular flexibility index (Phi) is 6.48. The van der Waals surface area contributed by atoms with Crippen LogP contribution in [-0.4, -0.2) is 27.3 Å². The topological polar surface area (TPSA) is 69.0 Å². The molecule has 1 aliphatic rings. The summed E-state index contributed by atoms with van der Waals surface area (Å²) in [6, 6.07) is 10.5. The fraction of sp³-hybridized carbons (Fsp3) is 0.375. The molecule has 2 heterocycles. The van der Waals surface area contributed by atoms with Gasteiger partial charge in [-0.05, 0) is 50.5 Å². The molecule has 0 fully saturated rings. The minimum absolute atomic E-state index is 0.0184. The van der Waals surface area contributed by atoms with Gasteiger partial charge in [0.1, 0.15) is 5.75 Å². The van der Waals surface area contributed by atoms with Crippen LogP contribution in [0.1, 0.15) is 43.1 Å². The molecule has 1 N–H and O–H groups in total. The molecule has 1 atom stereocenters. The number of ether oxygens (including phenoxy) is 1. The number of amides is 1. The number of halogens is 2. The van der Waals surface area contributed by atoms with E-state index in [1.165, 1.54) is 6.07 Å². The van der Waals surface area contributed by atoms with Gasteiger partial charge < -0.3 is 10.1 Å². The Hall–Kier alpha value is -3.29. The number of hydrogen-bond acceptors (Lipinski definition) is 4. The van der Waals surface area contributed by atoms with Gasteiger partial charge in [-0.25, -0.2) is 0 Å². The number of nitrogens with one attached hydrogen (secondary N) is 1. The van der Waals surface area contributed by atoms with Crippen molar-refractivity contribution in [3.8, 4) is 17.0 Å². The van der Waals surface area contributed by atoms with Crippen LogP contribution in [0.5, 0.6) is 5.75 Å². The highest BCUT2D eigenvalue weighted by molar-refractivity contribution is 5.79. The molecular formula is C24H26F2N4O2. The van der Waals surface area contributed by atoms with E-state index in [9.17, 15) is 13.6 Å². The summed E-state index contributed by atoms with van der Waals surface area (Å²) in [7, 11) is 0. The normalized spacial score (nSPS) is 15.6. The van der Waals surface area contributed by atoms with Gasteiger partial charge in [-0.2, -0.15) is 13.9 Å². The highest BCUT2D eigenvalue weighted by Crippen LogP contribution is 2.36. The molecule has 6 nitrogen and oxygen atoms in total. The number of alkyl halides is 2. The molecule has 0 unspecified atom stereocenters. The largest absolute Gasteiger partial charge is 0.435 e. The molecule has 0 spiro atoms. The molecule has 0 saturated heterocycles. The molecule has 0 saturated carbocycles. The maximum atomic E-state index is 12.8. The first-order valence-corrected chi connectivity index (χ1v) is 10.7. The molecular weight excluding hydrogens is 414 g/mol. The summed E-state index contributed by atoms with van der Waals surface area (Å²) in [4.78, 5) is 16.9. The van der Waals surface area contributed by atoms with E-state index in [-0.39, 0.29) is 23.6 Å². The predicted octanol–water partition coefficient (Wildman–Crippen LogP) is 4.55. The van der Waals surface area contributed by atoms with Crippen molar-refractivity contribution in [1.82, 2.24) is 20.1 Å². The number of hydrogen-bond donors (Lipinski definition) is 1. The van der Waals surface area contributed by atoms with Gasteiger partial charge in [0.25, 0.3) is 0 Å². The summed E-state index contributed by atoms with van der Waals surface area (Å²) >= 11 is 0. The van der Waals surface area contributed by atoms with Crippen LogP contribution in [-0.2, 0) is 24.2 Å². The predicted molar refractivity (Wildman–Crippen MR) is 116 cm³/mol. The zero-order chi connectivity index (χ0) is 22.7. The third kappa shape index (κ3) is 4.79. The average molecular weight is 440 g/mol. The third-order valence-electron chi connectivity index (χ3n) is 5.68. The molecule has 0 bridgehead atoms. The van der Waals surface area contributed by atoms with E-state index in [1.807, 2.05) is 36.7 Å². The first-order chi connectivity index (χ1) is 15.4. The Bertz CT molecular complexity index is 1080.